The molecule has 210 valence electrons. The minimum absolute atomic E-state index is 0.742. The minimum atomic E-state index is 0.742. The first-order valence-electron chi connectivity index (χ1n) is 15.2. The normalized spacial score (nSPS) is 11.6. The third-order valence-corrected chi connectivity index (χ3v) is 9.88. The van der Waals surface area contributed by atoms with E-state index in [9.17, 15) is 0 Å². The van der Waals surface area contributed by atoms with Crippen LogP contribution in [0.25, 0.3) is 86.7 Å². The van der Waals surface area contributed by atoms with Gasteiger partial charge in [0.1, 0.15) is 0 Å². The summed E-state index contributed by atoms with van der Waals surface area (Å²) in [6.45, 7) is 0. The molecule has 2 aromatic heterocycles. The number of thiophene rings is 1. The molecule has 0 fully saturated rings. The average Bonchev–Trinajstić information content (AvgIpc) is 3.52. The highest BCUT2D eigenvalue weighted by molar-refractivity contribution is 7.27. The molecule has 0 unspecified atom stereocenters. The first-order valence-corrected chi connectivity index (χ1v) is 16.0. The minimum Gasteiger partial charge on any atom is -0.226 e. The summed E-state index contributed by atoms with van der Waals surface area (Å²) in [4.78, 5) is 10.6. The van der Waals surface area contributed by atoms with Crippen LogP contribution in [0.5, 0.6) is 0 Å². The molecule has 0 saturated heterocycles. The van der Waals surface area contributed by atoms with Crippen molar-refractivity contribution in [2.45, 2.75) is 0 Å². The number of rotatable bonds is 4. The summed E-state index contributed by atoms with van der Waals surface area (Å²) in [7, 11) is 0. The first kappa shape index (κ1) is 25.8. The predicted octanol–water partition coefficient (Wildman–Crippen LogP) is 11.8. The summed E-state index contributed by atoms with van der Waals surface area (Å²) >= 11 is 1.81. The molecule has 2 nitrogen and oxygen atoms in total. The Hall–Kier alpha value is -5.64. The van der Waals surface area contributed by atoms with E-state index >= 15 is 0 Å². The largest absolute Gasteiger partial charge is 0.226 e. The lowest BCUT2D eigenvalue weighted by Gasteiger charge is -2.10. The van der Waals surface area contributed by atoms with Gasteiger partial charge in [0.15, 0.2) is 5.82 Å². The van der Waals surface area contributed by atoms with Gasteiger partial charge in [-0.05, 0) is 50.5 Å². The monoisotopic (exact) mass is 590 g/mol. The number of benzene rings is 7. The molecule has 0 atom stereocenters. The van der Waals surface area contributed by atoms with Gasteiger partial charge in [-0.25, -0.2) is 9.97 Å². The van der Waals surface area contributed by atoms with Gasteiger partial charge in [-0.3, -0.25) is 0 Å². The Bertz CT molecular complexity index is 2530. The van der Waals surface area contributed by atoms with Crippen LogP contribution in [0, 0.1) is 0 Å². The molecule has 0 N–H and O–H groups in total. The molecule has 2 heterocycles. The van der Waals surface area contributed by atoms with Crippen LogP contribution in [-0.2, 0) is 0 Å². The van der Waals surface area contributed by atoms with Gasteiger partial charge in [-0.2, -0.15) is 0 Å². The summed E-state index contributed by atoms with van der Waals surface area (Å²) in [6.07, 6.45) is 0. The van der Waals surface area contributed by atoms with Gasteiger partial charge in [-0.15, -0.1) is 11.3 Å². The maximum Gasteiger partial charge on any atom is 0.160 e. The molecule has 7 aromatic carbocycles. The summed E-state index contributed by atoms with van der Waals surface area (Å²) in [5.74, 6) is 0.742. The highest BCUT2D eigenvalue weighted by Crippen LogP contribution is 2.46. The van der Waals surface area contributed by atoms with E-state index in [4.69, 9.17) is 9.97 Å². The lowest BCUT2D eigenvalue weighted by molar-refractivity contribution is 1.24. The van der Waals surface area contributed by atoms with Crippen molar-refractivity contribution in [3.63, 3.8) is 0 Å². The quantitative estimate of drug-likeness (QED) is 0.191. The van der Waals surface area contributed by atoms with Crippen molar-refractivity contribution in [3.05, 3.63) is 158 Å². The van der Waals surface area contributed by atoms with Crippen LogP contribution in [-0.4, -0.2) is 9.97 Å². The molecular formula is C42H26N2S. The Morgan fingerprint density at radius 1 is 0.356 bits per heavy atom. The van der Waals surface area contributed by atoms with Crippen molar-refractivity contribution in [2.24, 2.45) is 0 Å². The van der Waals surface area contributed by atoms with Crippen LogP contribution in [0.4, 0.5) is 0 Å². The van der Waals surface area contributed by atoms with E-state index in [0.717, 1.165) is 38.4 Å². The second-order valence-corrected chi connectivity index (χ2v) is 12.4. The summed E-state index contributed by atoms with van der Waals surface area (Å²) in [5, 5.41) is 6.21. The molecule has 45 heavy (non-hydrogen) atoms. The third-order valence-electron chi connectivity index (χ3n) is 8.66. The predicted molar refractivity (Wildman–Crippen MR) is 192 cm³/mol. The van der Waals surface area contributed by atoms with Crippen molar-refractivity contribution >= 4 is 53.2 Å². The van der Waals surface area contributed by atoms with Crippen LogP contribution in [0.1, 0.15) is 0 Å². The fourth-order valence-electron chi connectivity index (χ4n) is 6.54. The zero-order valence-electron chi connectivity index (χ0n) is 24.3. The summed E-state index contributed by atoms with van der Waals surface area (Å²) in [5.41, 5.74) is 8.84. The molecule has 0 spiro atoms. The molecule has 0 aliphatic carbocycles. The topological polar surface area (TPSA) is 25.8 Å². The van der Waals surface area contributed by atoms with Gasteiger partial charge in [0, 0.05) is 26.6 Å². The van der Waals surface area contributed by atoms with Gasteiger partial charge >= 0.3 is 0 Å². The number of nitrogens with zero attached hydrogens (tertiary/aromatic N) is 2. The molecule has 0 amide bonds. The Kier molecular flexibility index (Phi) is 6.03. The van der Waals surface area contributed by atoms with E-state index < -0.39 is 0 Å². The standard InChI is InChI=1S/C42H26N2S/c1-3-13-27(14-4-1)29-17-11-18-30(25-29)31-19-12-20-32(26-31)38-41-39(44-42(43-38)28-15-5-2-6-16-28)37-35-23-9-7-21-33(35)34-22-8-10-24-36(34)40(37)45-41/h1-26H. The van der Waals surface area contributed by atoms with Crippen LogP contribution >= 0.6 is 11.3 Å². The highest BCUT2D eigenvalue weighted by atomic mass is 32.1. The fourth-order valence-corrected chi connectivity index (χ4v) is 7.84. The van der Waals surface area contributed by atoms with E-state index in [-0.39, 0.29) is 0 Å². The molecule has 3 heteroatoms. The molecular weight excluding hydrogens is 565 g/mol. The van der Waals surface area contributed by atoms with Gasteiger partial charge in [-0.1, -0.05) is 146 Å². The van der Waals surface area contributed by atoms with Crippen LogP contribution in [0.3, 0.4) is 0 Å². The van der Waals surface area contributed by atoms with Gasteiger partial charge < -0.3 is 0 Å². The van der Waals surface area contributed by atoms with Gasteiger partial charge in [0.2, 0.25) is 0 Å². The molecule has 0 aliphatic heterocycles. The molecule has 0 aliphatic rings. The van der Waals surface area contributed by atoms with Crippen molar-refractivity contribution in [1.82, 2.24) is 9.97 Å². The molecule has 9 aromatic rings. The van der Waals surface area contributed by atoms with Gasteiger partial charge in [0.25, 0.3) is 0 Å². The lowest BCUT2D eigenvalue weighted by Crippen LogP contribution is -1.94. The Morgan fingerprint density at radius 2 is 0.844 bits per heavy atom. The Balaban J connectivity index is 1.33. The van der Waals surface area contributed by atoms with Gasteiger partial charge in [0.05, 0.1) is 15.9 Å². The molecule has 9 rings (SSSR count). The van der Waals surface area contributed by atoms with E-state index in [1.54, 1.807) is 0 Å². The molecule has 0 bridgehead atoms. The van der Waals surface area contributed by atoms with Crippen LogP contribution in [0.15, 0.2) is 158 Å². The maximum atomic E-state index is 5.30. The van der Waals surface area contributed by atoms with Crippen molar-refractivity contribution in [2.75, 3.05) is 0 Å². The van der Waals surface area contributed by atoms with Crippen LogP contribution < -0.4 is 0 Å². The average molecular weight is 591 g/mol. The molecule has 0 saturated carbocycles. The number of aromatic nitrogens is 2. The van der Waals surface area contributed by atoms with Crippen LogP contribution in [0.2, 0.25) is 0 Å². The first-order chi connectivity index (χ1) is 22.3. The number of hydrogen-bond donors (Lipinski definition) is 0. The second kappa shape index (κ2) is 10.5. The van der Waals surface area contributed by atoms with E-state index in [0.29, 0.717) is 0 Å². The van der Waals surface area contributed by atoms with Crippen molar-refractivity contribution in [3.8, 4) is 44.9 Å². The summed E-state index contributed by atoms with van der Waals surface area (Å²) < 4.78 is 2.37. The Labute approximate surface area is 264 Å². The SMILES string of the molecule is c1ccc(-c2cccc(-c3cccc(-c4nc(-c5ccccc5)nc5c4sc4c6ccccc6c6ccccc6c54)c3)c2)cc1. The zero-order valence-corrected chi connectivity index (χ0v) is 25.1. The zero-order chi connectivity index (χ0) is 29.7. The van der Waals surface area contributed by atoms with Crippen molar-refractivity contribution < 1.29 is 0 Å². The number of fused-ring (bicyclic) bond motifs is 8. The summed E-state index contributed by atoms with van der Waals surface area (Å²) in [6, 6.07) is 55.9. The third kappa shape index (κ3) is 4.32. The van der Waals surface area contributed by atoms with Crippen molar-refractivity contribution in [1.29, 1.82) is 0 Å². The number of hydrogen-bond acceptors (Lipinski definition) is 3. The maximum absolute atomic E-state index is 5.30. The second-order valence-electron chi connectivity index (χ2n) is 11.4. The molecule has 0 radical (unpaired) electrons. The fraction of sp³-hybridized carbons (Fsp3) is 0. The van der Waals surface area contributed by atoms with E-state index in [1.807, 2.05) is 17.4 Å². The lowest BCUT2D eigenvalue weighted by atomic mass is 9.96. The smallest absolute Gasteiger partial charge is 0.160 e. The highest BCUT2D eigenvalue weighted by Gasteiger charge is 2.20. The van der Waals surface area contributed by atoms with E-state index in [2.05, 4.69) is 152 Å². The van der Waals surface area contributed by atoms with E-state index in [1.165, 1.54) is 48.3 Å². The Morgan fingerprint density at radius 3 is 1.53 bits per heavy atom.